The number of aromatic nitrogens is 4. The van der Waals surface area contributed by atoms with Crippen molar-refractivity contribution < 1.29 is 9.90 Å². The summed E-state index contributed by atoms with van der Waals surface area (Å²) in [5.41, 5.74) is -1.69. The monoisotopic (exact) mass is 222 g/mol. The highest BCUT2D eigenvalue weighted by Gasteiger charge is 2.14. The van der Waals surface area contributed by atoms with E-state index >= 15 is 0 Å². The van der Waals surface area contributed by atoms with Crippen LogP contribution < -0.4 is 11.2 Å². The molecular formula is C8H6N4O4. The highest BCUT2D eigenvalue weighted by atomic mass is 16.4. The third-order valence-electron chi connectivity index (χ3n) is 1.93. The van der Waals surface area contributed by atoms with Gasteiger partial charge in [0.2, 0.25) is 0 Å². The molecule has 0 saturated heterocycles. The summed E-state index contributed by atoms with van der Waals surface area (Å²) in [7, 11) is 0. The molecule has 0 aromatic carbocycles. The van der Waals surface area contributed by atoms with Gasteiger partial charge in [-0.15, -0.1) is 0 Å². The minimum Gasteiger partial charge on any atom is -0.478 e. The summed E-state index contributed by atoms with van der Waals surface area (Å²) in [5, 5.41) is 8.67. The number of nitrogens with one attached hydrogen (secondary N) is 3. The topological polar surface area (TPSA) is 132 Å². The molecular weight excluding hydrogens is 216 g/mol. The van der Waals surface area contributed by atoms with Gasteiger partial charge in [-0.25, -0.2) is 14.6 Å². The molecule has 0 spiro atoms. The molecule has 16 heavy (non-hydrogen) atoms. The number of carboxylic acids is 1. The van der Waals surface area contributed by atoms with Gasteiger partial charge in [0, 0.05) is 0 Å². The van der Waals surface area contributed by atoms with E-state index in [4.69, 9.17) is 5.11 Å². The Balaban J connectivity index is 2.74. The Labute approximate surface area is 86.7 Å². The quantitative estimate of drug-likeness (QED) is 0.486. The molecule has 4 N–H and O–H groups in total. The minimum absolute atomic E-state index is 0.00278. The Morgan fingerprint density at radius 2 is 1.94 bits per heavy atom. The van der Waals surface area contributed by atoms with Crippen LogP contribution in [0, 0.1) is 0 Å². The first-order valence-electron chi connectivity index (χ1n) is 4.14. The molecule has 0 radical (unpaired) electrons. The van der Waals surface area contributed by atoms with E-state index in [1.165, 1.54) is 0 Å². The number of imidazole rings is 1. The van der Waals surface area contributed by atoms with Gasteiger partial charge in [0.15, 0.2) is 5.65 Å². The lowest BCUT2D eigenvalue weighted by Crippen LogP contribution is -2.21. The van der Waals surface area contributed by atoms with E-state index in [2.05, 4.69) is 21.5 Å². The van der Waals surface area contributed by atoms with Crippen LogP contribution >= 0.6 is 0 Å². The summed E-state index contributed by atoms with van der Waals surface area (Å²) in [6.45, 7) is 3.27. The predicted octanol–water partition coefficient (Wildman–Crippen LogP) is -0.963. The molecule has 2 heterocycles. The molecule has 0 aliphatic rings. The maximum absolute atomic E-state index is 11.3. The summed E-state index contributed by atoms with van der Waals surface area (Å²) in [6.07, 6.45) is 0. The van der Waals surface area contributed by atoms with Crippen LogP contribution in [-0.2, 0) is 4.79 Å². The Hall–Kier alpha value is -2.64. The fraction of sp³-hybridized carbons (Fsp3) is 0. The zero-order valence-corrected chi connectivity index (χ0v) is 7.83. The van der Waals surface area contributed by atoms with E-state index in [1.807, 2.05) is 4.98 Å². The Morgan fingerprint density at radius 1 is 1.25 bits per heavy atom. The number of hydrogen-bond donors (Lipinski definition) is 4. The third kappa shape index (κ3) is 1.41. The van der Waals surface area contributed by atoms with Crippen LogP contribution in [0.15, 0.2) is 16.2 Å². The average molecular weight is 222 g/mol. The zero-order valence-electron chi connectivity index (χ0n) is 7.83. The molecule has 0 amide bonds. The van der Waals surface area contributed by atoms with Crippen LogP contribution in [0.2, 0.25) is 0 Å². The van der Waals surface area contributed by atoms with E-state index in [-0.39, 0.29) is 22.6 Å². The van der Waals surface area contributed by atoms with Crippen molar-refractivity contribution in [2.45, 2.75) is 0 Å². The molecule has 0 unspecified atom stereocenters. The number of H-pyrrole nitrogens is 3. The van der Waals surface area contributed by atoms with Gasteiger partial charge >= 0.3 is 11.7 Å². The molecule has 0 aliphatic carbocycles. The summed E-state index contributed by atoms with van der Waals surface area (Å²) in [6, 6.07) is 0. The van der Waals surface area contributed by atoms with Gasteiger partial charge in [-0.3, -0.25) is 14.8 Å². The lowest BCUT2D eigenvalue weighted by Gasteiger charge is -1.91. The van der Waals surface area contributed by atoms with Crippen LogP contribution in [-0.4, -0.2) is 31.0 Å². The highest BCUT2D eigenvalue weighted by Crippen LogP contribution is 2.10. The number of aromatic amines is 3. The molecule has 2 aromatic rings. The third-order valence-corrected chi connectivity index (χ3v) is 1.93. The number of fused-ring (bicyclic) bond motifs is 1. The first-order chi connectivity index (χ1) is 7.49. The van der Waals surface area contributed by atoms with Crippen LogP contribution in [0.4, 0.5) is 0 Å². The van der Waals surface area contributed by atoms with Crippen molar-refractivity contribution in [1.82, 2.24) is 19.9 Å². The largest absolute Gasteiger partial charge is 0.478 e. The molecule has 0 saturated carbocycles. The first-order valence-corrected chi connectivity index (χ1v) is 4.14. The smallest absolute Gasteiger partial charge is 0.338 e. The Kier molecular flexibility index (Phi) is 1.97. The van der Waals surface area contributed by atoms with Gasteiger partial charge in [0.25, 0.3) is 5.56 Å². The summed E-state index contributed by atoms with van der Waals surface area (Å²) in [5.74, 6) is -1.34. The predicted molar refractivity (Wildman–Crippen MR) is 54.0 cm³/mol. The molecule has 8 heteroatoms. The van der Waals surface area contributed by atoms with E-state index in [1.54, 1.807) is 0 Å². The first kappa shape index (κ1) is 9.90. The number of carbonyl (C=O) groups is 1. The van der Waals surface area contributed by atoms with Gasteiger partial charge < -0.3 is 10.1 Å². The number of aliphatic carboxylic acids is 1. The lowest BCUT2D eigenvalue weighted by molar-refractivity contribution is -0.130. The normalized spacial score (nSPS) is 10.5. The van der Waals surface area contributed by atoms with Gasteiger partial charge in [0.1, 0.15) is 11.3 Å². The molecule has 2 aromatic heterocycles. The fourth-order valence-corrected chi connectivity index (χ4v) is 1.18. The van der Waals surface area contributed by atoms with Crippen molar-refractivity contribution in [3.05, 3.63) is 33.2 Å². The second-order valence-electron chi connectivity index (χ2n) is 3.00. The lowest BCUT2D eigenvalue weighted by atomic mass is 10.3. The fourth-order valence-electron chi connectivity index (χ4n) is 1.18. The SMILES string of the molecule is C=C(C(=O)O)c1nc2[nH]c(=O)[nH]c(=O)c2[nH]1. The van der Waals surface area contributed by atoms with Crippen LogP contribution in [0.25, 0.3) is 16.7 Å². The van der Waals surface area contributed by atoms with Crippen molar-refractivity contribution >= 4 is 22.7 Å². The maximum Gasteiger partial charge on any atom is 0.338 e. The number of hydrogen-bond acceptors (Lipinski definition) is 4. The zero-order chi connectivity index (χ0) is 11.9. The van der Waals surface area contributed by atoms with Crippen molar-refractivity contribution in [3.8, 4) is 0 Å². The van der Waals surface area contributed by atoms with Crippen molar-refractivity contribution in [3.63, 3.8) is 0 Å². The number of rotatable bonds is 2. The molecule has 0 aliphatic heterocycles. The molecule has 2 rings (SSSR count). The van der Waals surface area contributed by atoms with Crippen LogP contribution in [0.1, 0.15) is 5.82 Å². The second-order valence-corrected chi connectivity index (χ2v) is 3.00. The molecule has 0 atom stereocenters. The van der Waals surface area contributed by atoms with E-state index in [0.29, 0.717) is 0 Å². The van der Waals surface area contributed by atoms with E-state index in [0.717, 1.165) is 0 Å². The number of carboxylic acid groups (broad SMARTS) is 1. The molecule has 82 valence electrons. The van der Waals surface area contributed by atoms with Gasteiger partial charge in [0.05, 0.1) is 5.57 Å². The van der Waals surface area contributed by atoms with E-state index < -0.39 is 17.2 Å². The van der Waals surface area contributed by atoms with Gasteiger partial charge in [-0.2, -0.15) is 0 Å². The van der Waals surface area contributed by atoms with Crippen LogP contribution in [0.5, 0.6) is 0 Å². The molecule has 0 bridgehead atoms. The molecule has 8 nitrogen and oxygen atoms in total. The second kappa shape index (κ2) is 3.19. The van der Waals surface area contributed by atoms with Crippen LogP contribution in [0.3, 0.4) is 0 Å². The molecule has 0 fully saturated rings. The maximum atomic E-state index is 11.3. The van der Waals surface area contributed by atoms with Crippen molar-refractivity contribution in [1.29, 1.82) is 0 Å². The Morgan fingerprint density at radius 3 is 2.56 bits per heavy atom. The summed E-state index contributed by atoms with van der Waals surface area (Å²) >= 11 is 0. The van der Waals surface area contributed by atoms with Gasteiger partial charge in [-0.1, -0.05) is 6.58 Å². The highest BCUT2D eigenvalue weighted by molar-refractivity contribution is 6.13. The average Bonchev–Trinajstić information content (AvgIpc) is 2.60. The summed E-state index contributed by atoms with van der Waals surface area (Å²) < 4.78 is 0. The minimum atomic E-state index is -1.27. The van der Waals surface area contributed by atoms with Crippen molar-refractivity contribution in [2.24, 2.45) is 0 Å². The standard InChI is InChI=1S/C8H6N4O4/c1-2(7(14)15)4-9-3-5(10-4)11-8(16)12-6(3)13/h1H2,(H,14,15)(H3,9,10,11,12,13,16). The number of nitrogens with zero attached hydrogens (tertiary/aromatic N) is 1. The van der Waals surface area contributed by atoms with Crippen molar-refractivity contribution in [2.75, 3.05) is 0 Å². The van der Waals surface area contributed by atoms with E-state index in [9.17, 15) is 14.4 Å². The Bertz CT molecular complexity index is 705. The summed E-state index contributed by atoms with van der Waals surface area (Å²) in [4.78, 5) is 43.3. The van der Waals surface area contributed by atoms with Gasteiger partial charge in [-0.05, 0) is 0 Å².